The summed E-state index contributed by atoms with van der Waals surface area (Å²) in [6.07, 6.45) is 0.705. The van der Waals surface area contributed by atoms with E-state index in [1.54, 1.807) is 0 Å². The summed E-state index contributed by atoms with van der Waals surface area (Å²) in [5.41, 5.74) is 2.32. The van der Waals surface area contributed by atoms with E-state index in [1.165, 1.54) is 5.56 Å². The number of benzene rings is 1. The molecule has 3 rings (SSSR count). The van der Waals surface area contributed by atoms with E-state index >= 15 is 0 Å². The Morgan fingerprint density at radius 2 is 2.26 bits per heavy atom. The highest BCUT2D eigenvalue weighted by Gasteiger charge is 2.32. The van der Waals surface area contributed by atoms with E-state index < -0.39 is 0 Å². The number of amides is 1. The molecule has 2 aliphatic rings. The monoisotopic (exact) mass is 260 g/mol. The van der Waals surface area contributed by atoms with Gasteiger partial charge in [0.25, 0.3) is 5.91 Å². The normalized spacial score (nSPS) is 26.9. The smallest absolute Gasteiger partial charge is 0.257 e. The molecule has 0 spiro atoms. The van der Waals surface area contributed by atoms with Crippen LogP contribution in [0.15, 0.2) is 24.3 Å². The van der Waals surface area contributed by atoms with Crippen LogP contribution >= 0.6 is 0 Å². The highest BCUT2D eigenvalue weighted by molar-refractivity contribution is 5.97. The minimum Gasteiger partial charge on any atom is -0.366 e. The number of carbonyl (C=O) groups is 1. The number of morpholine rings is 1. The first-order valence-electron chi connectivity index (χ1n) is 6.97. The first-order valence-corrected chi connectivity index (χ1v) is 6.97. The van der Waals surface area contributed by atoms with Crippen molar-refractivity contribution in [2.75, 3.05) is 31.1 Å². The average molecular weight is 260 g/mol. The van der Waals surface area contributed by atoms with Gasteiger partial charge in [-0.15, -0.1) is 0 Å². The molecule has 19 heavy (non-hydrogen) atoms. The predicted octanol–water partition coefficient (Wildman–Crippen LogP) is 1.20. The van der Waals surface area contributed by atoms with Gasteiger partial charge in [-0.1, -0.05) is 25.1 Å². The summed E-state index contributed by atoms with van der Waals surface area (Å²) >= 11 is 0. The third kappa shape index (κ3) is 2.51. The summed E-state index contributed by atoms with van der Waals surface area (Å²) in [6, 6.07) is 8.19. The topological polar surface area (TPSA) is 41.6 Å². The van der Waals surface area contributed by atoms with Crippen molar-refractivity contribution in [3.63, 3.8) is 0 Å². The molecule has 4 nitrogen and oxygen atoms in total. The third-order valence-corrected chi connectivity index (χ3v) is 3.81. The molecular formula is C15H20N2O2. The van der Waals surface area contributed by atoms with E-state index in [9.17, 15) is 4.79 Å². The molecule has 0 unspecified atom stereocenters. The zero-order valence-corrected chi connectivity index (χ0v) is 11.3. The van der Waals surface area contributed by atoms with Crippen molar-refractivity contribution in [1.29, 1.82) is 0 Å². The van der Waals surface area contributed by atoms with Crippen molar-refractivity contribution >= 4 is 11.6 Å². The lowest BCUT2D eigenvalue weighted by atomic mass is 9.93. The van der Waals surface area contributed by atoms with E-state index in [-0.39, 0.29) is 12.0 Å². The Morgan fingerprint density at radius 3 is 3.05 bits per heavy atom. The van der Waals surface area contributed by atoms with Crippen LogP contribution in [0.4, 0.5) is 5.69 Å². The summed E-state index contributed by atoms with van der Waals surface area (Å²) in [6.45, 7) is 5.04. The molecule has 4 heteroatoms. The molecule has 102 valence electrons. The minimum absolute atomic E-state index is 0.0891. The number of carbonyl (C=O) groups excluding carboxylic acids is 1. The molecule has 0 aromatic heterocycles. The second kappa shape index (κ2) is 5.31. The van der Waals surface area contributed by atoms with Gasteiger partial charge in [-0.3, -0.25) is 4.79 Å². The maximum atomic E-state index is 12.6. The summed E-state index contributed by atoms with van der Waals surface area (Å²) in [5.74, 6) is 0.585. The highest BCUT2D eigenvalue weighted by Crippen LogP contribution is 2.30. The van der Waals surface area contributed by atoms with Crippen molar-refractivity contribution in [2.45, 2.75) is 19.4 Å². The lowest BCUT2D eigenvalue weighted by Crippen LogP contribution is -2.51. The fourth-order valence-corrected chi connectivity index (χ4v) is 2.90. The fourth-order valence-electron chi connectivity index (χ4n) is 2.90. The number of fused-ring (bicyclic) bond motifs is 1. The summed E-state index contributed by atoms with van der Waals surface area (Å²) < 4.78 is 5.59. The van der Waals surface area contributed by atoms with Crippen LogP contribution < -0.4 is 10.2 Å². The average Bonchev–Trinajstić information content (AvgIpc) is 2.46. The molecule has 1 aromatic carbocycles. The van der Waals surface area contributed by atoms with E-state index in [1.807, 2.05) is 23.1 Å². The van der Waals surface area contributed by atoms with Gasteiger partial charge >= 0.3 is 0 Å². The molecule has 1 aromatic rings. The predicted molar refractivity (Wildman–Crippen MR) is 74.3 cm³/mol. The SMILES string of the molecule is C[C@H]1Cc2ccccc2N(C(=O)[C@H]2CNCCO2)C1. The van der Waals surface area contributed by atoms with Crippen LogP contribution in [-0.4, -0.2) is 38.3 Å². The van der Waals surface area contributed by atoms with Gasteiger partial charge in [-0.25, -0.2) is 0 Å². The van der Waals surface area contributed by atoms with E-state index in [0.717, 1.165) is 25.2 Å². The number of nitrogens with zero attached hydrogens (tertiary/aromatic N) is 1. The van der Waals surface area contributed by atoms with Crippen LogP contribution in [0.5, 0.6) is 0 Å². The first-order chi connectivity index (χ1) is 9.25. The molecule has 1 fully saturated rings. The van der Waals surface area contributed by atoms with Crippen molar-refractivity contribution in [2.24, 2.45) is 5.92 Å². The number of anilines is 1. The quantitative estimate of drug-likeness (QED) is 0.825. The lowest BCUT2D eigenvalue weighted by Gasteiger charge is -2.36. The summed E-state index contributed by atoms with van der Waals surface area (Å²) in [4.78, 5) is 14.5. The molecule has 2 aliphatic heterocycles. The number of hydrogen-bond acceptors (Lipinski definition) is 3. The highest BCUT2D eigenvalue weighted by atomic mass is 16.5. The Bertz CT molecular complexity index is 469. The molecule has 1 N–H and O–H groups in total. The number of rotatable bonds is 1. The number of ether oxygens (including phenoxy) is 1. The molecule has 2 heterocycles. The zero-order valence-electron chi connectivity index (χ0n) is 11.3. The van der Waals surface area contributed by atoms with Crippen LogP contribution in [-0.2, 0) is 16.0 Å². The van der Waals surface area contributed by atoms with Gasteiger partial charge in [0.15, 0.2) is 0 Å². The maximum Gasteiger partial charge on any atom is 0.257 e. The lowest BCUT2D eigenvalue weighted by molar-refractivity contribution is -0.131. The van der Waals surface area contributed by atoms with Gasteiger partial charge in [0, 0.05) is 25.3 Å². The van der Waals surface area contributed by atoms with Crippen molar-refractivity contribution in [1.82, 2.24) is 5.32 Å². The van der Waals surface area contributed by atoms with Crippen LogP contribution in [0.1, 0.15) is 12.5 Å². The molecule has 2 atom stereocenters. The zero-order chi connectivity index (χ0) is 13.2. The van der Waals surface area contributed by atoms with Crippen molar-refractivity contribution < 1.29 is 9.53 Å². The molecule has 0 radical (unpaired) electrons. The third-order valence-electron chi connectivity index (χ3n) is 3.81. The molecular weight excluding hydrogens is 240 g/mol. The van der Waals surface area contributed by atoms with Crippen LogP contribution in [0.2, 0.25) is 0 Å². The number of nitrogens with one attached hydrogen (secondary N) is 1. The van der Waals surface area contributed by atoms with Crippen molar-refractivity contribution in [3.05, 3.63) is 29.8 Å². The Hall–Kier alpha value is -1.39. The van der Waals surface area contributed by atoms with Gasteiger partial charge < -0.3 is 15.0 Å². The van der Waals surface area contributed by atoms with E-state index in [4.69, 9.17) is 4.74 Å². The molecule has 1 amide bonds. The molecule has 1 saturated heterocycles. The Labute approximate surface area is 113 Å². The Kier molecular flexibility index (Phi) is 3.53. The minimum atomic E-state index is -0.341. The summed E-state index contributed by atoms with van der Waals surface area (Å²) in [5, 5.41) is 3.22. The number of hydrogen-bond donors (Lipinski definition) is 1. The Morgan fingerprint density at radius 1 is 1.42 bits per heavy atom. The largest absolute Gasteiger partial charge is 0.366 e. The van der Waals surface area contributed by atoms with Crippen LogP contribution in [0.25, 0.3) is 0 Å². The fraction of sp³-hybridized carbons (Fsp3) is 0.533. The standard InChI is InChI=1S/C15H20N2O2/c1-11-8-12-4-2-3-5-13(12)17(10-11)15(18)14-9-16-6-7-19-14/h2-5,11,14,16H,6-10H2,1H3/t11-,14+/m0/s1. The maximum absolute atomic E-state index is 12.6. The van der Waals surface area contributed by atoms with Gasteiger partial charge in [0.2, 0.25) is 0 Å². The molecule has 0 aliphatic carbocycles. The first kappa shape index (κ1) is 12.6. The van der Waals surface area contributed by atoms with Gasteiger partial charge in [-0.2, -0.15) is 0 Å². The second-order valence-electron chi connectivity index (χ2n) is 5.45. The molecule has 0 bridgehead atoms. The van der Waals surface area contributed by atoms with Gasteiger partial charge in [-0.05, 0) is 24.0 Å². The number of para-hydroxylation sites is 1. The van der Waals surface area contributed by atoms with E-state index in [0.29, 0.717) is 19.1 Å². The van der Waals surface area contributed by atoms with Gasteiger partial charge in [0.05, 0.1) is 6.61 Å². The summed E-state index contributed by atoms with van der Waals surface area (Å²) in [7, 11) is 0. The second-order valence-corrected chi connectivity index (χ2v) is 5.45. The van der Waals surface area contributed by atoms with Crippen LogP contribution in [0.3, 0.4) is 0 Å². The Balaban J connectivity index is 1.85. The van der Waals surface area contributed by atoms with Crippen LogP contribution in [0, 0.1) is 5.92 Å². The van der Waals surface area contributed by atoms with E-state index in [2.05, 4.69) is 18.3 Å². The molecule has 0 saturated carbocycles. The van der Waals surface area contributed by atoms with Gasteiger partial charge in [0.1, 0.15) is 6.10 Å². The van der Waals surface area contributed by atoms with Crippen molar-refractivity contribution in [3.8, 4) is 0 Å².